The summed E-state index contributed by atoms with van der Waals surface area (Å²) >= 11 is 1.53. The van der Waals surface area contributed by atoms with E-state index in [0.29, 0.717) is 56.3 Å². The van der Waals surface area contributed by atoms with E-state index < -0.39 is 118 Å². The number of ketones is 5. The first-order valence-corrected chi connectivity index (χ1v) is 40.5. The molecular formula is C85H136N10O16S. The lowest BCUT2D eigenvalue weighted by molar-refractivity contribution is -0.149. The molecule has 0 aliphatic carbocycles. The van der Waals surface area contributed by atoms with Gasteiger partial charge >= 0.3 is 12.1 Å². The zero-order valence-corrected chi connectivity index (χ0v) is 70.4. The zero-order valence-electron chi connectivity index (χ0n) is 69.6. The summed E-state index contributed by atoms with van der Waals surface area (Å²) in [5.74, 6) is -7.61. The number of thiazole rings is 1. The number of Topliss-reactive ketones (excluding diaryl/α,β-unsaturated/α-hetero) is 5. The number of amides is 8. The SMILES string of the molecule is C.CC[C@H](C)[C@@H]([C@@H](CC(=O)N1CCC[C@H]1[C@H](OC)[C@@H](C)C(=O)C[C@@H](Cc1ccccc1)c1nccs1)OC)N(C)C(=O)[C@@H](CC(=O)C(C)(C)NC(=O)OCc1ccc(NC(=O)[C@H](CCCNC(N)=O)CC(=O)[C@@H](NC(=O)[C@H](CCCCNC(=O)CC[C@@H](NC(C)(C)C)C(=O)C(C)(C)C)CC(=O)[C@H](C)O)C(C)C)cc1)C(C)C. The third kappa shape index (κ3) is 32.2. The molecule has 628 valence electrons. The van der Waals surface area contributed by atoms with Crippen LogP contribution in [0.1, 0.15) is 237 Å². The number of methoxy groups -OCH3 is 2. The highest BCUT2D eigenvalue weighted by Crippen LogP contribution is 2.35. The average molecular weight is 1590 g/mol. The molecule has 26 nitrogen and oxygen atoms in total. The van der Waals surface area contributed by atoms with Crippen LogP contribution < -0.4 is 37.6 Å². The van der Waals surface area contributed by atoms with Crippen molar-refractivity contribution in [3.63, 3.8) is 0 Å². The van der Waals surface area contributed by atoms with Gasteiger partial charge in [-0.3, -0.25) is 47.9 Å². The van der Waals surface area contributed by atoms with E-state index in [4.69, 9.17) is 19.9 Å². The Bertz CT molecular complexity index is 3500. The second-order valence-electron chi connectivity index (χ2n) is 33.5. The number of aliphatic hydroxyl groups excluding tert-OH is 1. The van der Waals surface area contributed by atoms with E-state index in [-0.39, 0.29) is 144 Å². The number of rotatable bonds is 49. The first kappa shape index (κ1) is 98.3. The molecule has 27 heteroatoms. The van der Waals surface area contributed by atoms with Gasteiger partial charge in [-0.15, -0.1) is 11.3 Å². The summed E-state index contributed by atoms with van der Waals surface area (Å²) in [6.07, 6.45) is 2.04. The third-order valence-electron chi connectivity index (χ3n) is 21.2. The van der Waals surface area contributed by atoms with Crippen molar-refractivity contribution < 1.29 is 76.9 Å². The van der Waals surface area contributed by atoms with Gasteiger partial charge in [0.1, 0.15) is 18.5 Å². The second kappa shape index (κ2) is 47.1. The van der Waals surface area contributed by atoms with Crippen LogP contribution in [-0.4, -0.2) is 185 Å². The molecule has 1 aromatic heterocycles. The fourth-order valence-corrected chi connectivity index (χ4v) is 15.2. The molecule has 0 bridgehead atoms. The Morgan fingerprint density at radius 3 is 1.91 bits per heavy atom. The van der Waals surface area contributed by atoms with E-state index in [0.717, 1.165) is 17.0 Å². The monoisotopic (exact) mass is 1580 g/mol. The van der Waals surface area contributed by atoms with Gasteiger partial charge in [0.2, 0.25) is 29.5 Å². The van der Waals surface area contributed by atoms with Crippen LogP contribution >= 0.6 is 11.3 Å². The van der Waals surface area contributed by atoms with Crippen LogP contribution in [0.4, 0.5) is 15.3 Å². The lowest BCUT2D eigenvalue weighted by Gasteiger charge is -2.41. The number of ether oxygens (including phenoxy) is 3. The Labute approximate surface area is 670 Å². The fourth-order valence-electron chi connectivity index (χ4n) is 14.4. The molecular weight excluding hydrogens is 1450 g/mol. The number of alkyl carbamates (subject to hydrolysis) is 1. The Morgan fingerprint density at radius 2 is 1.35 bits per heavy atom. The van der Waals surface area contributed by atoms with Crippen LogP contribution in [0.15, 0.2) is 66.2 Å². The minimum atomic E-state index is -1.50. The molecule has 1 fully saturated rings. The van der Waals surface area contributed by atoms with Crippen molar-refractivity contribution in [1.82, 2.24) is 41.4 Å². The number of aliphatic hydroxyl groups is 1. The van der Waals surface area contributed by atoms with E-state index in [1.807, 2.05) is 117 Å². The quantitative estimate of drug-likeness (QED) is 0.0243. The van der Waals surface area contributed by atoms with Crippen molar-refractivity contribution in [1.29, 1.82) is 0 Å². The van der Waals surface area contributed by atoms with Crippen LogP contribution in [0.2, 0.25) is 0 Å². The number of nitrogens with zero attached hydrogens (tertiary/aromatic N) is 3. The van der Waals surface area contributed by atoms with Gasteiger partial charge in [0.25, 0.3) is 0 Å². The largest absolute Gasteiger partial charge is 0.445 e. The number of carbonyl (C=O) groups is 12. The number of nitrogens with two attached hydrogens (primary N) is 1. The summed E-state index contributed by atoms with van der Waals surface area (Å²) in [4.78, 5) is 173. The summed E-state index contributed by atoms with van der Waals surface area (Å²) < 4.78 is 17.9. The zero-order chi connectivity index (χ0) is 83.3. The number of primary amides is 1. The van der Waals surface area contributed by atoms with Gasteiger partial charge in [0.05, 0.1) is 53.3 Å². The van der Waals surface area contributed by atoms with Crippen LogP contribution in [0.5, 0.6) is 0 Å². The standard InChI is InChI=1S/C84H132N10O16S.CH4/c1-20-53(6)73(68(108-18)49-71(101)94-42-27-32-64(94)74(109-19)54(7)65(96)47-60(78-87-41-43-111-78)44-56-28-22-21-23-29-56)93(17)79(105)62(51(2)3)48-69(99)84(15,16)92-81(107)110-50-57-33-35-61(36-34-57)89-76(103)59(31-26-40-88-80(85)106)46-67(98)72(52(4)5)90-77(104)58(45-66(97)55(8)95)30-24-25-39-86-70(100)38-37-63(91-83(12,13)14)75(102)82(9,10)11;/h21-23,28-29,33-36,41,43,51-55,58-60,62-64,68,72-74,91,95H,20,24-27,30-32,37-40,42,44-50H2,1-19H3,(H,86,100)(H,89,103)(H,90,104)(H,92,107)(H3,85,88,106);1H4/t53-,54-,55-,58+,59+,60+,62-,63+,64-,68+,72-,73-,74+;/m0./s1. The normalized spacial score (nSPS) is 16.5. The lowest BCUT2D eigenvalue weighted by atomic mass is 9.83. The number of benzene rings is 2. The molecule has 0 saturated carbocycles. The molecule has 13 atom stereocenters. The van der Waals surface area contributed by atoms with Crippen molar-refractivity contribution in [3.05, 3.63) is 82.3 Å². The van der Waals surface area contributed by atoms with E-state index in [1.54, 1.807) is 63.4 Å². The van der Waals surface area contributed by atoms with Crippen molar-refractivity contribution in [2.75, 3.05) is 46.2 Å². The van der Waals surface area contributed by atoms with E-state index in [2.05, 4.69) is 36.9 Å². The molecule has 9 N–H and O–H groups in total. The van der Waals surface area contributed by atoms with Crippen molar-refractivity contribution in [3.8, 4) is 0 Å². The second-order valence-corrected chi connectivity index (χ2v) is 34.5. The van der Waals surface area contributed by atoms with Crippen LogP contribution in [0.3, 0.4) is 0 Å². The summed E-state index contributed by atoms with van der Waals surface area (Å²) in [5, 5.41) is 30.0. The van der Waals surface area contributed by atoms with Crippen LogP contribution in [0, 0.1) is 46.8 Å². The summed E-state index contributed by atoms with van der Waals surface area (Å²) in [7, 11) is 4.79. The van der Waals surface area contributed by atoms with E-state index in [1.165, 1.54) is 39.2 Å². The van der Waals surface area contributed by atoms with Crippen molar-refractivity contribution >= 4 is 87.6 Å². The molecule has 3 aromatic rings. The topological polar surface area (TPSA) is 370 Å². The number of unbranched alkanes of at least 4 members (excludes halogenated alkanes) is 1. The van der Waals surface area contributed by atoms with Crippen molar-refractivity contribution in [2.24, 2.45) is 52.6 Å². The Kier molecular flexibility index (Phi) is 41.4. The van der Waals surface area contributed by atoms with Gasteiger partial charge in [0, 0.05) is 131 Å². The van der Waals surface area contributed by atoms with Gasteiger partial charge in [-0.25, -0.2) is 14.6 Å². The molecule has 2 aromatic carbocycles. The highest BCUT2D eigenvalue weighted by Gasteiger charge is 2.45. The Balaban J connectivity index is 0.0000325. The summed E-state index contributed by atoms with van der Waals surface area (Å²) in [5.41, 5.74) is 4.81. The molecule has 1 saturated heterocycles. The smallest absolute Gasteiger partial charge is 0.408 e. The number of likely N-dealkylation sites (tertiary alicyclic amines) is 1. The number of anilines is 1. The number of hydrogen-bond donors (Lipinski definition) is 8. The molecule has 112 heavy (non-hydrogen) atoms. The van der Waals surface area contributed by atoms with E-state index >= 15 is 0 Å². The average Bonchev–Trinajstić information content (AvgIpc) is 1.77. The molecule has 1 aliphatic rings. The highest BCUT2D eigenvalue weighted by atomic mass is 32.1. The predicted molar refractivity (Wildman–Crippen MR) is 437 cm³/mol. The molecule has 1 aliphatic heterocycles. The number of urea groups is 1. The number of nitrogens with one attached hydrogen (secondary N) is 6. The maximum Gasteiger partial charge on any atom is 0.408 e. The van der Waals surface area contributed by atoms with Gasteiger partial charge in [0.15, 0.2) is 23.1 Å². The van der Waals surface area contributed by atoms with Crippen LogP contribution in [-0.2, 0) is 75.2 Å². The Hall–Kier alpha value is -7.85. The third-order valence-corrected chi connectivity index (χ3v) is 22.2. The summed E-state index contributed by atoms with van der Waals surface area (Å²) in [6, 6.07) is 13.1. The van der Waals surface area contributed by atoms with Crippen LogP contribution in [0.25, 0.3) is 0 Å². The molecule has 0 spiro atoms. The molecule has 4 rings (SSSR count). The van der Waals surface area contributed by atoms with Gasteiger partial charge in [-0.05, 0) is 134 Å². The maximum atomic E-state index is 14.9. The van der Waals surface area contributed by atoms with Gasteiger partial charge < -0.3 is 66.8 Å². The van der Waals surface area contributed by atoms with Gasteiger partial charge in [-0.2, -0.15) is 0 Å². The molecule has 0 unspecified atom stereocenters. The number of likely N-dealkylation sites (N-methyl/N-ethyl adjacent to an activating group) is 1. The highest BCUT2D eigenvalue weighted by molar-refractivity contribution is 7.09. The predicted octanol–water partition coefficient (Wildman–Crippen LogP) is 11.4. The van der Waals surface area contributed by atoms with Crippen molar-refractivity contribution in [2.45, 2.75) is 287 Å². The fraction of sp³-hybridized carbons (Fsp3) is 0.682. The minimum absolute atomic E-state index is 0. The number of hydrogen-bond acceptors (Lipinski definition) is 19. The number of aromatic nitrogens is 1. The molecule has 8 amide bonds. The van der Waals surface area contributed by atoms with E-state index in [9.17, 15) is 62.6 Å². The first-order chi connectivity index (χ1) is 52.0. The molecule has 2 heterocycles. The lowest BCUT2D eigenvalue weighted by Crippen LogP contribution is -2.55. The number of carbonyl (C=O) groups excluding carboxylic acids is 12. The van der Waals surface area contributed by atoms with Gasteiger partial charge in [-0.1, -0.05) is 132 Å². The minimum Gasteiger partial charge on any atom is -0.445 e. The Morgan fingerprint density at radius 1 is 0.723 bits per heavy atom. The maximum absolute atomic E-state index is 14.9. The first-order valence-electron chi connectivity index (χ1n) is 39.7. The summed E-state index contributed by atoms with van der Waals surface area (Å²) in [6.45, 7) is 29.4. The molecule has 0 radical (unpaired) electrons.